The Morgan fingerprint density at radius 1 is 1.15 bits per heavy atom. The zero-order valence-electron chi connectivity index (χ0n) is 11.6. The summed E-state index contributed by atoms with van der Waals surface area (Å²) >= 11 is 1.62. The molecule has 4 heteroatoms. The van der Waals surface area contributed by atoms with E-state index in [2.05, 4.69) is 0 Å². The van der Waals surface area contributed by atoms with Gasteiger partial charge in [0, 0.05) is 4.90 Å². The minimum Gasteiger partial charge on any atom is -0.497 e. The van der Waals surface area contributed by atoms with Gasteiger partial charge in [0.25, 0.3) is 0 Å². The molecule has 0 fully saturated rings. The highest BCUT2D eigenvalue weighted by Crippen LogP contribution is 2.28. The number of thioether (sulfide) groups is 1. The van der Waals surface area contributed by atoms with Crippen LogP contribution in [-0.4, -0.2) is 25.1 Å². The Bertz CT molecular complexity index is 557. The van der Waals surface area contributed by atoms with E-state index in [9.17, 15) is 5.11 Å². The van der Waals surface area contributed by atoms with Gasteiger partial charge in [-0.15, -0.1) is 11.8 Å². The van der Waals surface area contributed by atoms with Gasteiger partial charge in [-0.3, -0.25) is 0 Å². The molecule has 2 rings (SSSR count). The molecule has 106 valence electrons. The summed E-state index contributed by atoms with van der Waals surface area (Å²) in [6.07, 6.45) is 1.32. The third-order valence-electron chi connectivity index (χ3n) is 2.94. The second-order valence-electron chi connectivity index (χ2n) is 4.25. The van der Waals surface area contributed by atoms with Gasteiger partial charge in [0.05, 0.1) is 7.11 Å². The summed E-state index contributed by atoms with van der Waals surface area (Å²) in [6.45, 7) is 0.213. The smallest absolute Gasteiger partial charge is 0.132 e. The Morgan fingerprint density at radius 2 is 1.95 bits per heavy atom. The van der Waals surface area contributed by atoms with Crippen LogP contribution in [0.25, 0.3) is 0 Å². The Morgan fingerprint density at radius 3 is 2.70 bits per heavy atom. The molecular formula is C16H18O3S. The predicted molar refractivity (Wildman–Crippen MR) is 81.7 cm³/mol. The highest BCUT2D eigenvalue weighted by Gasteiger charge is 2.10. The van der Waals surface area contributed by atoms with E-state index >= 15 is 0 Å². The number of para-hydroxylation sites is 1. The lowest BCUT2D eigenvalue weighted by Crippen LogP contribution is -2.10. The van der Waals surface area contributed by atoms with E-state index in [1.807, 2.05) is 54.8 Å². The minimum absolute atomic E-state index is 0.213. The largest absolute Gasteiger partial charge is 0.497 e. The summed E-state index contributed by atoms with van der Waals surface area (Å²) in [5.41, 5.74) is 0.783. The number of rotatable bonds is 6. The topological polar surface area (TPSA) is 38.7 Å². The van der Waals surface area contributed by atoms with Gasteiger partial charge in [-0.2, -0.15) is 0 Å². The number of aliphatic hydroxyl groups is 1. The summed E-state index contributed by atoms with van der Waals surface area (Å²) in [6, 6.07) is 15.2. The Balaban J connectivity index is 2.02. The SMILES string of the molecule is COc1cccc(C(O)COc2ccccc2SC)c1. The molecule has 0 amide bonds. The lowest BCUT2D eigenvalue weighted by molar-refractivity contribution is 0.106. The molecule has 0 aliphatic carbocycles. The third kappa shape index (κ3) is 3.68. The molecule has 20 heavy (non-hydrogen) atoms. The van der Waals surface area contributed by atoms with Gasteiger partial charge in [0.15, 0.2) is 0 Å². The summed E-state index contributed by atoms with van der Waals surface area (Å²) in [4.78, 5) is 1.06. The molecule has 2 aromatic carbocycles. The van der Waals surface area contributed by atoms with Crippen molar-refractivity contribution in [3.8, 4) is 11.5 Å². The molecule has 0 heterocycles. The van der Waals surface area contributed by atoms with Crippen LogP contribution in [0.3, 0.4) is 0 Å². The van der Waals surface area contributed by atoms with Gasteiger partial charge >= 0.3 is 0 Å². The van der Waals surface area contributed by atoms with E-state index in [0.29, 0.717) is 0 Å². The van der Waals surface area contributed by atoms with Crippen LogP contribution in [0.2, 0.25) is 0 Å². The first-order valence-electron chi connectivity index (χ1n) is 6.32. The summed E-state index contributed by atoms with van der Waals surface area (Å²) in [7, 11) is 1.61. The van der Waals surface area contributed by atoms with Crippen molar-refractivity contribution in [2.45, 2.75) is 11.0 Å². The fourth-order valence-corrected chi connectivity index (χ4v) is 2.39. The van der Waals surface area contributed by atoms with Gasteiger partial charge in [-0.1, -0.05) is 24.3 Å². The summed E-state index contributed by atoms with van der Waals surface area (Å²) in [5, 5.41) is 10.2. The number of benzene rings is 2. The maximum atomic E-state index is 10.2. The average Bonchev–Trinajstić information content (AvgIpc) is 2.52. The molecular weight excluding hydrogens is 272 g/mol. The van der Waals surface area contributed by atoms with E-state index < -0.39 is 6.10 Å². The first kappa shape index (κ1) is 14.8. The second-order valence-corrected chi connectivity index (χ2v) is 5.10. The monoisotopic (exact) mass is 290 g/mol. The van der Waals surface area contributed by atoms with Gasteiger partial charge in [-0.25, -0.2) is 0 Å². The molecule has 2 aromatic rings. The van der Waals surface area contributed by atoms with Crippen LogP contribution < -0.4 is 9.47 Å². The van der Waals surface area contributed by atoms with E-state index in [-0.39, 0.29) is 6.61 Å². The van der Waals surface area contributed by atoms with E-state index in [4.69, 9.17) is 9.47 Å². The van der Waals surface area contributed by atoms with Gasteiger partial charge in [-0.05, 0) is 36.1 Å². The molecule has 0 aromatic heterocycles. The van der Waals surface area contributed by atoms with Crippen molar-refractivity contribution in [1.82, 2.24) is 0 Å². The first-order valence-corrected chi connectivity index (χ1v) is 7.55. The van der Waals surface area contributed by atoms with Crippen molar-refractivity contribution < 1.29 is 14.6 Å². The van der Waals surface area contributed by atoms with Crippen molar-refractivity contribution in [2.24, 2.45) is 0 Å². The molecule has 1 atom stereocenters. The highest BCUT2D eigenvalue weighted by molar-refractivity contribution is 7.98. The number of methoxy groups -OCH3 is 1. The fourth-order valence-electron chi connectivity index (χ4n) is 1.85. The minimum atomic E-state index is -0.681. The lowest BCUT2D eigenvalue weighted by atomic mass is 10.1. The number of aliphatic hydroxyl groups excluding tert-OH is 1. The fraction of sp³-hybridized carbons (Fsp3) is 0.250. The molecule has 1 N–H and O–H groups in total. The molecule has 0 spiro atoms. The van der Waals surface area contributed by atoms with Crippen molar-refractivity contribution in [1.29, 1.82) is 0 Å². The standard InChI is InChI=1S/C16H18O3S/c1-18-13-7-5-6-12(10-13)14(17)11-19-15-8-3-4-9-16(15)20-2/h3-10,14,17H,11H2,1-2H3. The van der Waals surface area contributed by atoms with Crippen molar-refractivity contribution >= 4 is 11.8 Å². The van der Waals surface area contributed by atoms with Crippen LogP contribution in [0.1, 0.15) is 11.7 Å². The number of hydrogen-bond donors (Lipinski definition) is 1. The van der Waals surface area contributed by atoms with Gasteiger partial charge in [0.2, 0.25) is 0 Å². The maximum absolute atomic E-state index is 10.2. The molecule has 0 aliphatic rings. The van der Waals surface area contributed by atoms with Crippen LogP contribution >= 0.6 is 11.8 Å². The van der Waals surface area contributed by atoms with Crippen LogP contribution in [-0.2, 0) is 0 Å². The molecule has 0 bridgehead atoms. The van der Waals surface area contributed by atoms with Crippen LogP contribution in [0.4, 0.5) is 0 Å². The lowest BCUT2D eigenvalue weighted by Gasteiger charge is -2.15. The highest BCUT2D eigenvalue weighted by atomic mass is 32.2. The third-order valence-corrected chi connectivity index (χ3v) is 3.72. The second kappa shape index (κ2) is 7.22. The summed E-state index contributed by atoms with van der Waals surface area (Å²) in [5.74, 6) is 1.52. The summed E-state index contributed by atoms with van der Waals surface area (Å²) < 4.78 is 10.9. The Labute approximate surface area is 123 Å². The molecule has 0 saturated carbocycles. The maximum Gasteiger partial charge on any atom is 0.132 e. The van der Waals surface area contributed by atoms with Crippen molar-refractivity contribution in [3.05, 3.63) is 54.1 Å². The molecule has 0 radical (unpaired) electrons. The van der Waals surface area contributed by atoms with Gasteiger partial charge in [0.1, 0.15) is 24.2 Å². The number of hydrogen-bond acceptors (Lipinski definition) is 4. The number of ether oxygens (including phenoxy) is 2. The van der Waals surface area contributed by atoms with E-state index in [1.165, 1.54) is 0 Å². The molecule has 0 aliphatic heterocycles. The van der Waals surface area contributed by atoms with Crippen molar-refractivity contribution in [2.75, 3.05) is 20.0 Å². The zero-order chi connectivity index (χ0) is 14.4. The van der Waals surface area contributed by atoms with E-state index in [1.54, 1.807) is 18.9 Å². The van der Waals surface area contributed by atoms with Crippen LogP contribution in [0, 0.1) is 0 Å². The first-order chi connectivity index (χ1) is 9.74. The van der Waals surface area contributed by atoms with Crippen LogP contribution in [0.5, 0.6) is 11.5 Å². The average molecular weight is 290 g/mol. The molecule has 1 unspecified atom stereocenters. The normalized spacial score (nSPS) is 11.9. The Kier molecular flexibility index (Phi) is 5.32. The van der Waals surface area contributed by atoms with Crippen LogP contribution in [0.15, 0.2) is 53.4 Å². The quantitative estimate of drug-likeness (QED) is 0.826. The van der Waals surface area contributed by atoms with Crippen molar-refractivity contribution in [3.63, 3.8) is 0 Å². The molecule has 3 nitrogen and oxygen atoms in total. The van der Waals surface area contributed by atoms with E-state index in [0.717, 1.165) is 22.0 Å². The zero-order valence-corrected chi connectivity index (χ0v) is 12.4. The molecule has 0 saturated heterocycles. The predicted octanol–water partition coefficient (Wildman–Crippen LogP) is 3.53. The Hall–Kier alpha value is -1.65. The van der Waals surface area contributed by atoms with Gasteiger partial charge < -0.3 is 14.6 Å².